The molecule has 0 unspecified atom stereocenters. The van der Waals surface area contributed by atoms with Gasteiger partial charge in [0.05, 0.1) is 0 Å². The number of carbonyl (C=O) groups excluding carboxylic acids is 1. The molecule has 0 rings (SSSR count). The van der Waals surface area contributed by atoms with Crippen molar-refractivity contribution in [1.82, 2.24) is 0 Å². The highest BCUT2D eigenvalue weighted by Crippen LogP contribution is 2.32. The van der Waals surface area contributed by atoms with Crippen LogP contribution in [0.2, 0.25) is 0 Å². The molecule has 0 saturated carbocycles. The Morgan fingerprint density at radius 1 is 1.36 bits per heavy atom. The number of aldehydes is 1. The fourth-order valence-corrected chi connectivity index (χ4v) is 0.324. The predicted molar refractivity (Wildman–Crippen MR) is 32.1 cm³/mol. The molecule has 2 nitrogen and oxygen atoms in total. The highest BCUT2D eigenvalue weighted by atomic mass is 19.4. The number of carbonyl (C=O) groups is 1. The molecule has 0 aromatic heterocycles. The van der Waals surface area contributed by atoms with Crippen molar-refractivity contribution >= 4 is 6.29 Å². The maximum Gasteiger partial charge on any atom is 0.416 e. The third kappa shape index (κ3) is 2.88. The zero-order chi connectivity index (χ0) is 9.12. The molecule has 66 valence electrons. The first-order chi connectivity index (χ1) is 4.81. The third-order valence-corrected chi connectivity index (χ3v) is 1.19. The van der Waals surface area contributed by atoms with Crippen molar-refractivity contribution in [3.8, 4) is 0 Å². The monoisotopic (exact) mass is 170 g/mol. The molecule has 0 amide bonds. The molecule has 0 N–H and O–H groups in total. The van der Waals surface area contributed by atoms with Crippen molar-refractivity contribution in [2.45, 2.75) is 25.6 Å². The van der Waals surface area contributed by atoms with Crippen LogP contribution in [0.15, 0.2) is 0 Å². The molecule has 0 saturated heterocycles. The number of hydrogen-bond donors (Lipinski definition) is 0. The Bertz CT molecular complexity index is 139. The van der Waals surface area contributed by atoms with E-state index in [1.54, 1.807) is 0 Å². The van der Waals surface area contributed by atoms with Gasteiger partial charge in [0, 0.05) is 0 Å². The van der Waals surface area contributed by atoms with Crippen LogP contribution in [0.4, 0.5) is 13.2 Å². The Balaban J connectivity index is 4.10. The van der Waals surface area contributed by atoms with Crippen LogP contribution < -0.4 is 0 Å². The Hall–Kier alpha value is -0.580. The average molecular weight is 170 g/mol. The summed E-state index contributed by atoms with van der Waals surface area (Å²) in [7, 11) is 0. The van der Waals surface area contributed by atoms with Crippen LogP contribution in [0.5, 0.6) is 0 Å². The first kappa shape index (κ1) is 10.4. The van der Waals surface area contributed by atoms with Crippen LogP contribution in [-0.2, 0) is 9.53 Å². The lowest BCUT2D eigenvalue weighted by Crippen LogP contribution is -2.42. The second-order valence-electron chi connectivity index (χ2n) is 2.49. The smallest absolute Gasteiger partial charge is 0.359 e. The Morgan fingerprint density at radius 3 is 2.09 bits per heavy atom. The molecule has 11 heavy (non-hydrogen) atoms. The minimum absolute atomic E-state index is 0.285. The maximum atomic E-state index is 11.9. The van der Waals surface area contributed by atoms with Crippen molar-refractivity contribution in [3.63, 3.8) is 0 Å². The van der Waals surface area contributed by atoms with Crippen molar-refractivity contribution in [2.75, 3.05) is 6.61 Å². The van der Waals surface area contributed by atoms with Gasteiger partial charge < -0.3 is 9.53 Å². The molecule has 0 aromatic rings. The lowest BCUT2D eigenvalue weighted by Gasteiger charge is -2.26. The highest BCUT2D eigenvalue weighted by Gasteiger charge is 2.48. The second-order valence-corrected chi connectivity index (χ2v) is 2.49. The molecule has 0 atom stereocenters. The standard InChI is InChI=1S/C6H9F3O2/c1-5(2,6(7,8)9)11-4-3-10/h3H,4H2,1-2H3. The van der Waals surface area contributed by atoms with E-state index in [2.05, 4.69) is 4.74 Å². The third-order valence-electron chi connectivity index (χ3n) is 1.19. The summed E-state index contributed by atoms with van der Waals surface area (Å²) < 4.78 is 40.0. The van der Waals surface area contributed by atoms with Crippen LogP contribution in [0.25, 0.3) is 0 Å². The van der Waals surface area contributed by atoms with Gasteiger partial charge >= 0.3 is 6.18 Å². The Labute approximate surface area is 62.3 Å². The van der Waals surface area contributed by atoms with Crippen LogP contribution in [0.3, 0.4) is 0 Å². The van der Waals surface area contributed by atoms with E-state index in [0.717, 1.165) is 13.8 Å². The van der Waals surface area contributed by atoms with E-state index in [1.165, 1.54) is 0 Å². The van der Waals surface area contributed by atoms with Crippen molar-refractivity contribution in [2.24, 2.45) is 0 Å². The number of ether oxygens (including phenoxy) is 1. The summed E-state index contributed by atoms with van der Waals surface area (Å²) in [6.07, 6.45) is -4.15. The summed E-state index contributed by atoms with van der Waals surface area (Å²) in [5.41, 5.74) is -2.24. The van der Waals surface area contributed by atoms with Gasteiger partial charge in [0.25, 0.3) is 0 Å². The maximum absolute atomic E-state index is 11.9. The summed E-state index contributed by atoms with van der Waals surface area (Å²) in [5, 5.41) is 0. The summed E-state index contributed by atoms with van der Waals surface area (Å²) in [5.74, 6) is 0. The zero-order valence-electron chi connectivity index (χ0n) is 6.23. The van der Waals surface area contributed by atoms with Crippen LogP contribution in [0.1, 0.15) is 13.8 Å². The van der Waals surface area contributed by atoms with Gasteiger partial charge in [0.1, 0.15) is 12.9 Å². The van der Waals surface area contributed by atoms with E-state index < -0.39 is 18.4 Å². The number of rotatable bonds is 3. The minimum Gasteiger partial charge on any atom is -0.359 e. The van der Waals surface area contributed by atoms with Gasteiger partial charge in [-0.1, -0.05) is 0 Å². The largest absolute Gasteiger partial charge is 0.416 e. The summed E-state index contributed by atoms with van der Waals surface area (Å²) in [6.45, 7) is 1.21. The van der Waals surface area contributed by atoms with E-state index in [-0.39, 0.29) is 6.29 Å². The fourth-order valence-electron chi connectivity index (χ4n) is 0.324. The molecule has 5 heteroatoms. The van der Waals surface area contributed by atoms with Crippen LogP contribution in [-0.4, -0.2) is 24.7 Å². The van der Waals surface area contributed by atoms with E-state index in [4.69, 9.17) is 0 Å². The van der Waals surface area contributed by atoms with E-state index >= 15 is 0 Å². The quantitative estimate of drug-likeness (QED) is 0.600. The Kier molecular flexibility index (Phi) is 3.04. The second kappa shape index (κ2) is 3.21. The van der Waals surface area contributed by atoms with Crippen molar-refractivity contribution in [3.05, 3.63) is 0 Å². The highest BCUT2D eigenvalue weighted by molar-refractivity contribution is 5.50. The SMILES string of the molecule is CC(C)(OCC=O)C(F)(F)F. The van der Waals surface area contributed by atoms with Gasteiger partial charge in [0.2, 0.25) is 0 Å². The van der Waals surface area contributed by atoms with E-state index in [1.807, 2.05) is 0 Å². The lowest BCUT2D eigenvalue weighted by atomic mass is 10.1. The number of halogens is 3. The summed E-state index contributed by atoms with van der Waals surface area (Å²) in [4.78, 5) is 9.69. The molecule has 0 fully saturated rings. The Morgan fingerprint density at radius 2 is 1.82 bits per heavy atom. The minimum atomic E-state index is -4.43. The first-order valence-corrected chi connectivity index (χ1v) is 2.95. The number of hydrogen-bond acceptors (Lipinski definition) is 2. The van der Waals surface area contributed by atoms with E-state index in [9.17, 15) is 18.0 Å². The molecular formula is C6H9F3O2. The first-order valence-electron chi connectivity index (χ1n) is 2.95. The lowest BCUT2D eigenvalue weighted by molar-refractivity contribution is -0.260. The van der Waals surface area contributed by atoms with Gasteiger partial charge in [0.15, 0.2) is 5.60 Å². The molecule has 0 aromatic carbocycles. The fraction of sp³-hybridized carbons (Fsp3) is 0.833. The number of alkyl halides is 3. The zero-order valence-corrected chi connectivity index (χ0v) is 6.23. The van der Waals surface area contributed by atoms with Gasteiger partial charge in [-0.15, -0.1) is 0 Å². The molecule has 0 aliphatic heterocycles. The topological polar surface area (TPSA) is 26.3 Å². The van der Waals surface area contributed by atoms with E-state index in [0.29, 0.717) is 0 Å². The average Bonchev–Trinajstić information content (AvgIpc) is 1.81. The van der Waals surface area contributed by atoms with Crippen molar-refractivity contribution < 1.29 is 22.7 Å². The van der Waals surface area contributed by atoms with Crippen LogP contribution >= 0.6 is 0 Å². The molecular weight excluding hydrogens is 161 g/mol. The van der Waals surface area contributed by atoms with Crippen molar-refractivity contribution in [1.29, 1.82) is 0 Å². The molecule has 0 radical (unpaired) electrons. The summed E-state index contributed by atoms with van der Waals surface area (Å²) >= 11 is 0. The van der Waals surface area contributed by atoms with Crippen LogP contribution in [0, 0.1) is 0 Å². The summed E-state index contributed by atoms with van der Waals surface area (Å²) in [6, 6.07) is 0. The molecule has 0 spiro atoms. The van der Waals surface area contributed by atoms with Gasteiger partial charge in [-0.25, -0.2) is 0 Å². The molecule has 0 heterocycles. The molecule has 0 aliphatic rings. The predicted octanol–water partition coefficient (Wildman–Crippen LogP) is 1.54. The molecule has 0 bridgehead atoms. The van der Waals surface area contributed by atoms with Gasteiger partial charge in [-0.3, -0.25) is 0 Å². The van der Waals surface area contributed by atoms with Gasteiger partial charge in [-0.2, -0.15) is 13.2 Å². The molecule has 0 aliphatic carbocycles. The van der Waals surface area contributed by atoms with Gasteiger partial charge in [-0.05, 0) is 13.8 Å². The normalized spacial score (nSPS) is 13.2.